The number of aromatic nitrogens is 2. The molecule has 0 fully saturated rings. The van der Waals surface area contributed by atoms with Crippen LogP contribution in [0.5, 0.6) is 0 Å². The molecule has 6 heteroatoms. The molecule has 2 heterocycles. The van der Waals surface area contributed by atoms with E-state index in [0.29, 0.717) is 29.8 Å². The van der Waals surface area contributed by atoms with Gasteiger partial charge >= 0.3 is 5.97 Å². The van der Waals surface area contributed by atoms with Crippen molar-refractivity contribution >= 4 is 16.9 Å². The van der Waals surface area contributed by atoms with Gasteiger partial charge in [-0.3, -0.25) is 4.68 Å². The number of rotatable bonds is 5. The third-order valence-electron chi connectivity index (χ3n) is 3.26. The number of carboxylic acids is 1. The predicted molar refractivity (Wildman–Crippen MR) is 76.9 cm³/mol. The molecule has 0 bridgehead atoms. The molecule has 0 atom stereocenters. The van der Waals surface area contributed by atoms with Gasteiger partial charge in [-0.2, -0.15) is 5.10 Å². The first kappa shape index (κ1) is 13.4. The second-order valence-corrected chi connectivity index (χ2v) is 4.83. The van der Waals surface area contributed by atoms with E-state index in [4.69, 9.17) is 4.42 Å². The summed E-state index contributed by atoms with van der Waals surface area (Å²) in [6.45, 7) is 0.954. The van der Waals surface area contributed by atoms with Crippen molar-refractivity contribution in [2.45, 2.75) is 13.1 Å². The molecule has 6 nitrogen and oxygen atoms in total. The summed E-state index contributed by atoms with van der Waals surface area (Å²) in [6, 6.07) is 7.15. The lowest BCUT2D eigenvalue weighted by Gasteiger charge is -2.01. The Kier molecular flexibility index (Phi) is 3.45. The Bertz CT molecular complexity index is 788. The van der Waals surface area contributed by atoms with Gasteiger partial charge in [0, 0.05) is 30.7 Å². The van der Waals surface area contributed by atoms with E-state index in [1.807, 2.05) is 19.3 Å². The number of aromatic carboxylic acids is 1. The van der Waals surface area contributed by atoms with E-state index in [2.05, 4.69) is 10.4 Å². The summed E-state index contributed by atoms with van der Waals surface area (Å²) in [6.07, 6.45) is 3.67. The highest BCUT2D eigenvalue weighted by molar-refractivity contribution is 6.03. The maximum absolute atomic E-state index is 11.4. The maximum atomic E-state index is 11.4. The van der Waals surface area contributed by atoms with Crippen LogP contribution in [0, 0.1) is 0 Å². The Morgan fingerprint density at radius 2 is 2.19 bits per heavy atom. The van der Waals surface area contributed by atoms with Crippen LogP contribution in [0.2, 0.25) is 0 Å². The number of nitrogens with zero attached hydrogens (tertiary/aromatic N) is 2. The highest BCUT2D eigenvalue weighted by Gasteiger charge is 2.19. The average molecular weight is 285 g/mol. The third-order valence-corrected chi connectivity index (χ3v) is 3.26. The largest absolute Gasteiger partial charge is 0.478 e. The van der Waals surface area contributed by atoms with Gasteiger partial charge < -0.3 is 14.8 Å². The molecule has 21 heavy (non-hydrogen) atoms. The minimum atomic E-state index is -0.974. The van der Waals surface area contributed by atoms with Crippen molar-refractivity contribution in [1.29, 1.82) is 0 Å². The van der Waals surface area contributed by atoms with E-state index in [-0.39, 0.29) is 5.56 Å². The van der Waals surface area contributed by atoms with Crippen molar-refractivity contribution < 1.29 is 14.3 Å². The highest BCUT2D eigenvalue weighted by Crippen LogP contribution is 2.25. The van der Waals surface area contributed by atoms with Gasteiger partial charge in [-0.05, 0) is 6.07 Å². The van der Waals surface area contributed by atoms with Gasteiger partial charge in [0.1, 0.15) is 16.9 Å². The molecule has 2 aromatic heterocycles. The summed E-state index contributed by atoms with van der Waals surface area (Å²) in [5.41, 5.74) is 1.85. The van der Waals surface area contributed by atoms with Crippen LogP contribution in [0.15, 0.2) is 41.1 Å². The smallest absolute Gasteiger partial charge is 0.339 e. The minimum Gasteiger partial charge on any atom is -0.478 e. The van der Waals surface area contributed by atoms with Gasteiger partial charge in [-0.25, -0.2) is 4.79 Å². The average Bonchev–Trinajstić information content (AvgIpc) is 3.02. The fourth-order valence-corrected chi connectivity index (χ4v) is 2.34. The Morgan fingerprint density at radius 1 is 1.38 bits per heavy atom. The fraction of sp³-hybridized carbons (Fsp3) is 0.200. The van der Waals surface area contributed by atoms with Crippen LogP contribution in [-0.2, 0) is 20.1 Å². The number of hydrogen-bond donors (Lipinski definition) is 2. The normalized spacial score (nSPS) is 11.1. The van der Waals surface area contributed by atoms with Crippen LogP contribution in [-0.4, -0.2) is 20.9 Å². The van der Waals surface area contributed by atoms with E-state index >= 15 is 0 Å². The molecule has 0 aliphatic heterocycles. The lowest BCUT2D eigenvalue weighted by Crippen LogP contribution is -2.14. The third kappa shape index (κ3) is 2.66. The summed E-state index contributed by atoms with van der Waals surface area (Å²) in [5, 5.41) is 17.3. The lowest BCUT2D eigenvalue weighted by atomic mass is 10.1. The summed E-state index contributed by atoms with van der Waals surface area (Å²) in [4.78, 5) is 11.4. The molecule has 0 amide bonds. The number of hydrogen-bond acceptors (Lipinski definition) is 4. The zero-order chi connectivity index (χ0) is 14.8. The molecule has 0 aliphatic carbocycles. The molecule has 1 aromatic carbocycles. The number of aryl methyl sites for hydroxylation is 1. The van der Waals surface area contributed by atoms with E-state index < -0.39 is 5.97 Å². The standard InChI is InChI=1S/C15H15N3O3/c1-18-9-10(7-17-18)6-16-8-13-14(15(19)20)11-4-2-3-5-12(11)21-13/h2-5,7,9,16H,6,8H2,1H3,(H,19,20). The number of carboxylic acid groups (broad SMARTS) is 1. The van der Waals surface area contributed by atoms with Gasteiger partial charge in [0.15, 0.2) is 0 Å². The van der Waals surface area contributed by atoms with Crippen LogP contribution in [0.1, 0.15) is 21.7 Å². The Hall–Kier alpha value is -2.60. The van der Waals surface area contributed by atoms with Crippen molar-refractivity contribution in [3.8, 4) is 0 Å². The van der Waals surface area contributed by atoms with E-state index in [1.54, 1.807) is 29.1 Å². The number of furan rings is 1. The predicted octanol–water partition coefficient (Wildman–Crippen LogP) is 2.15. The van der Waals surface area contributed by atoms with Crippen molar-refractivity contribution in [1.82, 2.24) is 15.1 Å². The van der Waals surface area contributed by atoms with Gasteiger partial charge in [-0.1, -0.05) is 18.2 Å². The fourth-order valence-electron chi connectivity index (χ4n) is 2.34. The van der Waals surface area contributed by atoms with Crippen molar-refractivity contribution in [2.24, 2.45) is 7.05 Å². The summed E-state index contributed by atoms with van der Waals surface area (Å²) in [5.74, 6) is -0.536. The summed E-state index contributed by atoms with van der Waals surface area (Å²) in [7, 11) is 1.85. The zero-order valence-corrected chi connectivity index (χ0v) is 11.5. The molecule has 0 unspecified atom stereocenters. The quantitative estimate of drug-likeness (QED) is 0.751. The van der Waals surface area contributed by atoms with E-state index in [9.17, 15) is 9.90 Å². The van der Waals surface area contributed by atoms with Crippen LogP contribution < -0.4 is 5.32 Å². The molecule has 2 N–H and O–H groups in total. The van der Waals surface area contributed by atoms with Crippen molar-refractivity contribution in [3.63, 3.8) is 0 Å². The highest BCUT2D eigenvalue weighted by atomic mass is 16.4. The number of para-hydroxylation sites is 1. The second-order valence-electron chi connectivity index (χ2n) is 4.83. The van der Waals surface area contributed by atoms with Crippen molar-refractivity contribution in [3.05, 3.63) is 53.5 Å². The summed E-state index contributed by atoms with van der Waals surface area (Å²) >= 11 is 0. The minimum absolute atomic E-state index is 0.226. The topological polar surface area (TPSA) is 80.3 Å². The van der Waals surface area contributed by atoms with Crippen LogP contribution in [0.4, 0.5) is 0 Å². The lowest BCUT2D eigenvalue weighted by molar-refractivity contribution is 0.0696. The Morgan fingerprint density at radius 3 is 2.90 bits per heavy atom. The van der Waals surface area contributed by atoms with Crippen molar-refractivity contribution in [2.75, 3.05) is 0 Å². The number of fused-ring (bicyclic) bond motifs is 1. The molecule has 3 rings (SSSR count). The number of nitrogens with one attached hydrogen (secondary N) is 1. The molecular formula is C15H15N3O3. The first-order valence-corrected chi connectivity index (χ1v) is 6.57. The van der Waals surface area contributed by atoms with Gasteiger partial charge in [0.2, 0.25) is 0 Å². The molecule has 0 aliphatic rings. The molecule has 0 spiro atoms. The van der Waals surface area contributed by atoms with Crippen LogP contribution >= 0.6 is 0 Å². The zero-order valence-electron chi connectivity index (χ0n) is 11.5. The molecule has 108 valence electrons. The molecule has 0 saturated heterocycles. The monoisotopic (exact) mass is 285 g/mol. The molecular weight excluding hydrogens is 270 g/mol. The van der Waals surface area contributed by atoms with Gasteiger partial charge in [0.25, 0.3) is 0 Å². The van der Waals surface area contributed by atoms with E-state index in [0.717, 1.165) is 5.56 Å². The first-order chi connectivity index (χ1) is 10.1. The number of benzene rings is 1. The summed E-state index contributed by atoms with van der Waals surface area (Å²) < 4.78 is 7.36. The first-order valence-electron chi connectivity index (χ1n) is 6.57. The van der Waals surface area contributed by atoms with Crippen LogP contribution in [0.3, 0.4) is 0 Å². The molecule has 0 radical (unpaired) electrons. The number of carbonyl (C=O) groups is 1. The van der Waals surface area contributed by atoms with E-state index in [1.165, 1.54) is 0 Å². The molecule has 0 saturated carbocycles. The second kappa shape index (κ2) is 5.41. The Labute approximate surface area is 121 Å². The van der Waals surface area contributed by atoms with Gasteiger partial charge in [0.05, 0.1) is 12.7 Å². The van der Waals surface area contributed by atoms with Crippen LogP contribution in [0.25, 0.3) is 11.0 Å². The Balaban J connectivity index is 1.80. The molecule has 3 aromatic rings. The van der Waals surface area contributed by atoms with Gasteiger partial charge in [-0.15, -0.1) is 0 Å². The maximum Gasteiger partial charge on any atom is 0.339 e. The SMILES string of the molecule is Cn1cc(CNCc2oc3ccccc3c2C(=O)O)cn1.